The van der Waals surface area contributed by atoms with Crippen molar-refractivity contribution >= 4 is 11.4 Å². The molecule has 0 saturated heterocycles. The zero-order valence-electron chi connectivity index (χ0n) is 17.4. The molecular formula is C24H34N2O2. The highest BCUT2D eigenvalue weighted by atomic mass is 16.5. The van der Waals surface area contributed by atoms with E-state index in [1.54, 1.807) is 0 Å². The van der Waals surface area contributed by atoms with Gasteiger partial charge in [0, 0.05) is 0 Å². The number of ether oxygens (including phenoxy) is 2. The number of para-hydroxylation sites is 1. The van der Waals surface area contributed by atoms with E-state index in [-0.39, 0.29) is 0 Å². The highest BCUT2D eigenvalue weighted by Crippen LogP contribution is 2.38. The Labute approximate surface area is 170 Å². The van der Waals surface area contributed by atoms with Crippen molar-refractivity contribution in [2.75, 3.05) is 13.2 Å². The maximum absolute atomic E-state index is 6.10. The fraction of sp³-hybridized carbons (Fsp3) is 0.500. The molecule has 0 radical (unpaired) electrons. The summed E-state index contributed by atoms with van der Waals surface area (Å²) in [6.07, 6.45) is 9.38. The van der Waals surface area contributed by atoms with Gasteiger partial charge in [0.15, 0.2) is 11.5 Å². The Bertz CT molecular complexity index is 686. The zero-order chi connectivity index (χ0) is 19.9. The molecule has 0 heterocycles. The Morgan fingerprint density at radius 2 is 1.32 bits per heavy atom. The van der Waals surface area contributed by atoms with Crippen LogP contribution in [0.5, 0.6) is 11.5 Å². The Hall–Kier alpha value is -2.36. The van der Waals surface area contributed by atoms with E-state index >= 15 is 0 Å². The molecule has 0 aromatic heterocycles. The molecule has 0 bridgehead atoms. The Morgan fingerprint density at radius 1 is 0.643 bits per heavy atom. The number of nitrogens with zero attached hydrogens (tertiary/aromatic N) is 2. The van der Waals surface area contributed by atoms with Crippen LogP contribution in [-0.2, 0) is 0 Å². The lowest BCUT2D eigenvalue weighted by Crippen LogP contribution is -2.03. The summed E-state index contributed by atoms with van der Waals surface area (Å²) in [5.74, 6) is 1.46. The predicted molar refractivity (Wildman–Crippen MR) is 116 cm³/mol. The van der Waals surface area contributed by atoms with E-state index in [2.05, 4.69) is 24.1 Å². The largest absolute Gasteiger partial charge is 0.490 e. The second kappa shape index (κ2) is 13.8. The van der Waals surface area contributed by atoms with Gasteiger partial charge in [-0.1, -0.05) is 76.6 Å². The van der Waals surface area contributed by atoms with E-state index in [4.69, 9.17) is 9.47 Å². The highest BCUT2D eigenvalue weighted by molar-refractivity contribution is 5.59. The average Bonchev–Trinajstić information content (AvgIpc) is 2.73. The predicted octanol–water partition coefficient (Wildman–Crippen LogP) is 8.02. The van der Waals surface area contributed by atoms with Crippen molar-refractivity contribution in [1.82, 2.24) is 0 Å². The molecule has 4 nitrogen and oxygen atoms in total. The number of unbranched alkanes of at least 4 members (excludes halogenated alkanes) is 6. The third-order valence-electron chi connectivity index (χ3n) is 4.49. The maximum Gasteiger partial charge on any atom is 0.188 e. The number of hydrogen-bond donors (Lipinski definition) is 0. The van der Waals surface area contributed by atoms with Gasteiger partial charge in [-0.25, -0.2) is 0 Å². The minimum atomic E-state index is 0.671. The van der Waals surface area contributed by atoms with Crippen LogP contribution < -0.4 is 9.47 Å². The number of benzene rings is 2. The molecule has 0 unspecified atom stereocenters. The highest BCUT2D eigenvalue weighted by Gasteiger charge is 2.11. The molecule has 0 saturated carbocycles. The zero-order valence-corrected chi connectivity index (χ0v) is 17.4. The lowest BCUT2D eigenvalue weighted by molar-refractivity contribution is 0.259. The van der Waals surface area contributed by atoms with Crippen LogP contribution in [0.3, 0.4) is 0 Å². The molecule has 2 aromatic carbocycles. The first-order valence-electron chi connectivity index (χ1n) is 10.7. The molecule has 152 valence electrons. The van der Waals surface area contributed by atoms with Crippen LogP contribution in [-0.4, -0.2) is 13.2 Å². The minimum absolute atomic E-state index is 0.671. The normalized spacial score (nSPS) is 11.1. The van der Waals surface area contributed by atoms with Gasteiger partial charge in [0.1, 0.15) is 5.69 Å². The van der Waals surface area contributed by atoms with E-state index in [9.17, 15) is 0 Å². The summed E-state index contributed by atoms with van der Waals surface area (Å²) < 4.78 is 12.1. The average molecular weight is 383 g/mol. The first kappa shape index (κ1) is 21.9. The lowest BCUT2D eigenvalue weighted by atomic mass is 10.2. The van der Waals surface area contributed by atoms with Crippen LogP contribution in [0.4, 0.5) is 11.4 Å². The van der Waals surface area contributed by atoms with Crippen LogP contribution in [0.1, 0.15) is 65.2 Å². The van der Waals surface area contributed by atoms with E-state index < -0.39 is 0 Å². The van der Waals surface area contributed by atoms with Crippen molar-refractivity contribution in [3.8, 4) is 11.5 Å². The van der Waals surface area contributed by atoms with Gasteiger partial charge >= 0.3 is 0 Å². The number of hydrogen-bond acceptors (Lipinski definition) is 4. The van der Waals surface area contributed by atoms with Crippen molar-refractivity contribution in [3.63, 3.8) is 0 Å². The molecule has 0 aliphatic rings. The fourth-order valence-corrected chi connectivity index (χ4v) is 2.86. The van der Waals surface area contributed by atoms with Gasteiger partial charge < -0.3 is 9.47 Å². The van der Waals surface area contributed by atoms with Crippen LogP contribution >= 0.6 is 0 Å². The van der Waals surface area contributed by atoms with Crippen molar-refractivity contribution in [1.29, 1.82) is 0 Å². The molecule has 0 aliphatic carbocycles. The number of rotatable bonds is 14. The summed E-state index contributed by atoms with van der Waals surface area (Å²) in [5, 5.41) is 8.78. The molecule has 0 spiro atoms. The summed E-state index contributed by atoms with van der Waals surface area (Å²) in [6, 6.07) is 15.6. The topological polar surface area (TPSA) is 43.2 Å². The van der Waals surface area contributed by atoms with Gasteiger partial charge in [-0.15, -0.1) is 5.11 Å². The third-order valence-corrected chi connectivity index (χ3v) is 4.49. The second-order valence-electron chi connectivity index (χ2n) is 6.96. The van der Waals surface area contributed by atoms with Crippen molar-refractivity contribution in [2.45, 2.75) is 65.2 Å². The Morgan fingerprint density at radius 3 is 2.00 bits per heavy atom. The minimum Gasteiger partial charge on any atom is -0.490 e. The summed E-state index contributed by atoms with van der Waals surface area (Å²) in [6.45, 7) is 5.80. The van der Waals surface area contributed by atoms with Crippen LogP contribution in [0.2, 0.25) is 0 Å². The van der Waals surface area contributed by atoms with Gasteiger partial charge in [0.25, 0.3) is 0 Å². The van der Waals surface area contributed by atoms with E-state index in [1.807, 2.05) is 48.5 Å². The molecule has 4 heteroatoms. The smallest absolute Gasteiger partial charge is 0.188 e. The van der Waals surface area contributed by atoms with Crippen LogP contribution in [0, 0.1) is 0 Å². The summed E-state index contributed by atoms with van der Waals surface area (Å²) in [4.78, 5) is 0. The Balaban J connectivity index is 2.07. The standard InChI is InChI=1S/C24H34N2O2/c1-3-5-7-12-19-27-23-18-14-17-22(24(23)28-20-13-8-6-4-2)26-25-21-15-10-9-11-16-21/h9-11,14-18H,3-8,12-13,19-20H2,1-2H3. The van der Waals surface area contributed by atoms with Gasteiger partial charge in [0.05, 0.1) is 18.9 Å². The van der Waals surface area contributed by atoms with Crippen molar-refractivity contribution in [3.05, 3.63) is 48.5 Å². The SMILES string of the molecule is CCCCCCOc1cccc(N=Nc2ccccc2)c1OCCCCCC. The van der Waals surface area contributed by atoms with E-state index in [0.29, 0.717) is 24.7 Å². The van der Waals surface area contributed by atoms with Crippen molar-refractivity contribution < 1.29 is 9.47 Å². The van der Waals surface area contributed by atoms with Crippen molar-refractivity contribution in [2.24, 2.45) is 10.2 Å². The second-order valence-corrected chi connectivity index (χ2v) is 6.96. The molecule has 0 amide bonds. The monoisotopic (exact) mass is 382 g/mol. The molecule has 2 rings (SSSR count). The first-order valence-corrected chi connectivity index (χ1v) is 10.7. The molecular weight excluding hydrogens is 348 g/mol. The molecule has 0 N–H and O–H groups in total. The van der Waals surface area contributed by atoms with Gasteiger partial charge in [-0.05, 0) is 37.1 Å². The molecule has 0 fully saturated rings. The van der Waals surface area contributed by atoms with Gasteiger partial charge in [-0.3, -0.25) is 0 Å². The van der Waals surface area contributed by atoms with E-state index in [0.717, 1.165) is 24.3 Å². The summed E-state index contributed by atoms with van der Waals surface area (Å²) >= 11 is 0. The molecule has 0 aliphatic heterocycles. The van der Waals surface area contributed by atoms with E-state index in [1.165, 1.54) is 38.5 Å². The molecule has 28 heavy (non-hydrogen) atoms. The van der Waals surface area contributed by atoms with Crippen LogP contribution in [0.25, 0.3) is 0 Å². The Kier molecular flexibility index (Phi) is 10.8. The van der Waals surface area contributed by atoms with Crippen LogP contribution in [0.15, 0.2) is 58.8 Å². The first-order chi connectivity index (χ1) is 13.8. The maximum atomic E-state index is 6.10. The quantitative estimate of drug-likeness (QED) is 0.245. The summed E-state index contributed by atoms with van der Waals surface area (Å²) in [7, 11) is 0. The summed E-state index contributed by atoms with van der Waals surface area (Å²) in [5.41, 5.74) is 1.53. The third kappa shape index (κ3) is 8.12. The van der Waals surface area contributed by atoms with Gasteiger partial charge in [0.2, 0.25) is 0 Å². The fourth-order valence-electron chi connectivity index (χ4n) is 2.86. The van der Waals surface area contributed by atoms with Gasteiger partial charge in [-0.2, -0.15) is 5.11 Å². The lowest BCUT2D eigenvalue weighted by Gasteiger charge is -2.14. The molecule has 0 atom stereocenters. The molecule has 2 aromatic rings. The number of azo groups is 1.